The molecule has 0 fully saturated rings. The minimum absolute atomic E-state index is 0.101. The van der Waals surface area contributed by atoms with Gasteiger partial charge in [0.1, 0.15) is 5.75 Å². The van der Waals surface area contributed by atoms with Crippen LogP contribution >= 0.6 is 27.7 Å². The molecule has 0 aliphatic heterocycles. The summed E-state index contributed by atoms with van der Waals surface area (Å²) >= 11 is 4.71. The van der Waals surface area contributed by atoms with Gasteiger partial charge in [-0.15, -0.1) is 10.2 Å². The first kappa shape index (κ1) is 19.1. The lowest BCUT2D eigenvalue weighted by Gasteiger charge is -2.04. The molecule has 0 radical (unpaired) electrons. The Hall–Kier alpha value is -2.65. The number of thioether (sulfide) groups is 1. The predicted octanol–water partition coefficient (Wildman–Crippen LogP) is 3.19. The highest BCUT2D eigenvalue weighted by Gasteiger charge is 2.13. The molecule has 0 aliphatic carbocycles. The maximum Gasteiger partial charge on any atom is 0.250 e. The monoisotopic (exact) mass is 445 g/mol. The average molecular weight is 446 g/mol. The van der Waals surface area contributed by atoms with Gasteiger partial charge < -0.3 is 9.67 Å². The SMILES string of the molecule is Cn1c(SCC(=O)N/N=C/c2ccccc2O)nnc1-c1cccc(Br)c1. The van der Waals surface area contributed by atoms with Gasteiger partial charge in [0.15, 0.2) is 11.0 Å². The molecule has 3 rings (SSSR count). The Morgan fingerprint density at radius 1 is 1.30 bits per heavy atom. The van der Waals surface area contributed by atoms with E-state index in [1.165, 1.54) is 18.0 Å². The van der Waals surface area contributed by atoms with Crippen LogP contribution in [0.4, 0.5) is 0 Å². The number of carbonyl (C=O) groups is 1. The van der Waals surface area contributed by atoms with E-state index in [1.807, 2.05) is 35.9 Å². The molecule has 0 spiro atoms. The molecule has 0 saturated carbocycles. The number of nitrogens with zero attached hydrogens (tertiary/aromatic N) is 4. The number of amides is 1. The molecule has 7 nitrogen and oxygen atoms in total. The van der Waals surface area contributed by atoms with E-state index in [2.05, 4.69) is 36.7 Å². The number of phenols is 1. The highest BCUT2D eigenvalue weighted by molar-refractivity contribution is 9.10. The highest BCUT2D eigenvalue weighted by Crippen LogP contribution is 2.24. The van der Waals surface area contributed by atoms with Gasteiger partial charge in [-0.25, -0.2) is 5.43 Å². The van der Waals surface area contributed by atoms with Gasteiger partial charge >= 0.3 is 0 Å². The quantitative estimate of drug-likeness (QED) is 0.345. The van der Waals surface area contributed by atoms with E-state index in [0.29, 0.717) is 10.7 Å². The van der Waals surface area contributed by atoms with Gasteiger partial charge in [-0.3, -0.25) is 4.79 Å². The molecule has 27 heavy (non-hydrogen) atoms. The van der Waals surface area contributed by atoms with Crippen LogP contribution in [0.1, 0.15) is 5.56 Å². The highest BCUT2D eigenvalue weighted by atomic mass is 79.9. The lowest BCUT2D eigenvalue weighted by molar-refractivity contribution is -0.118. The number of benzene rings is 2. The summed E-state index contributed by atoms with van der Waals surface area (Å²) < 4.78 is 2.80. The van der Waals surface area contributed by atoms with E-state index in [1.54, 1.807) is 24.3 Å². The van der Waals surface area contributed by atoms with Crippen molar-refractivity contribution in [1.29, 1.82) is 0 Å². The molecule has 9 heteroatoms. The van der Waals surface area contributed by atoms with Gasteiger partial charge in [0.2, 0.25) is 0 Å². The molecular weight excluding hydrogens is 430 g/mol. The molecule has 0 saturated heterocycles. The van der Waals surface area contributed by atoms with Crippen molar-refractivity contribution in [2.75, 3.05) is 5.75 Å². The minimum atomic E-state index is -0.279. The number of rotatable bonds is 6. The first-order chi connectivity index (χ1) is 13.0. The van der Waals surface area contributed by atoms with Gasteiger partial charge in [-0.2, -0.15) is 5.10 Å². The van der Waals surface area contributed by atoms with Crippen molar-refractivity contribution in [2.24, 2.45) is 12.1 Å². The molecule has 0 unspecified atom stereocenters. The van der Waals surface area contributed by atoms with Crippen LogP contribution in [0, 0.1) is 0 Å². The minimum Gasteiger partial charge on any atom is -0.507 e. The third-order valence-corrected chi connectivity index (χ3v) is 5.09. The van der Waals surface area contributed by atoms with Crippen molar-refractivity contribution >= 4 is 39.8 Å². The largest absolute Gasteiger partial charge is 0.507 e. The van der Waals surface area contributed by atoms with Crippen molar-refractivity contribution in [3.05, 3.63) is 58.6 Å². The van der Waals surface area contributed by atoms with Gasteiger partial charge in [0.05, 0.1) is 12.0 Å². The van der Waals surface area contributed by atoms with Crippen LogP contribution in [-0.4, -0.2) is 37.7 Å². The van der Waals surface area contributed by atoms with Crippen LogP contribution in [0.2, 0.25) is 0 Å². The molecule has 2 N–H and O–H groups in total. The van der Waals surface area contributed by atoms with Crippen molar-refractivity contribution in [1.82, 2.24) is 20.2 Å². The van der Waals surface area contributed by atoms with Crippen molar-refractivity contribution in [2.45, 2.75) is 5.16 Å². The molecule has 0 atom stereocenters. The number of halogens is 1. The Morgan fingerprint density at radius 2 is 2.11 bits per heavy atom. The van der Waals surface area contributed by atoms with Crippen LogP contribution in [0.5, 0.6) is 5.75 Å². The van der Waals surface area contributed by atoms with Gasteiger partial charge in [-0.1, -0.05) is 52.0 Å². The number of nitrogens with one attached hydrogen (secondary N) is 1. The standard InChI is InChI=1S/C18H16BrN5O2S/c1-24-17(12-6-4-7-14(19)9-12)22-23-18(24)27-11-16(26)21-20-10-13-5-2-3-8-15(13)25/h2-10,25H,11H2,1H3,(H,21,26)/b20-10+. The van der Waals surface area contributed by atoms with E-state index in [0.717, 1.165) is 15.9 Å². The van der Waals surface area contributed by atoms with Gasteiger partial charge in [0, 0.05) is 22.6 Å². The Labute approximate surface area is 168 Å². The molecule has 138 valence electrons. The topological polar surface area (TPSA) is 92.4 Å². The smallest absolute Gasteiger partial charge is 0.250 e. The van der Waals surface area contributed by atoms with E-state index >= 15 is 0 Å². The van der Waals surface area contributed by atoms with Crippen molar-refractivity contribution in [3.63, 3.8) is 0 Å². The molecule has 3 aromatic rings. The molecule has 1 amide bonds. The van der Waals surface area contributed by atoms with Crippen molar-refractivity contribution in [3.8, 4) is 17.1 Å². The van der Waals surface area contributed by atoms with E-state index in [9.17, 15) is 9.90 Å². The van der Waals surface area contributed by atoms with Gasteiger partial charge in [-0.05, 0) is 24.3 Å². The summed E-state index contributed by atoms with van der Waals surface area (Å²) in [4.78, 5) is 12.0. The number of aromatic hydroxyl groups is 1. The molecule has 1 aromatic heterocycles. The van der Waals surface area contributed by atoms with E-state index in [-0.39, 0.29) is 17.4 Å². The second-order valence-corrected chi connectivity index (χ2v) is 7.37. The van der Waals surface area contributed by atoms with Crippen LogP contribution in [0.25, 0.3) is 11.4 Å². The zero-order valence-electron chi connectivity index (χ0n) is 14.3. The van der Waals surface area contributed by atoms with Gasteiger partial charge in [0.25, 0.3) is 5.91 Å². The summed E-state index contributed by atoms with van der Waals surface area (Å²) in [5.41, 5.74) is 3.89. The second kappa shape index (κ2) is 8.83. The number of carbonyl (C=O) groups excluding carboxylic acids is 1. The Morgan fingerprint density at radius 3 is 2.89 bits per heavy atom. The third kappa shape index (κ3) is 4.95. The van der Waals surface area contributed by atoms with Crippen LogP contribution in [-0.2, 0) is 11.8 Å². The first-order valence-corrected chi connectivity index (χ1v) is 9.70. The maximum atomic E-state index is 12.0. The fraction of sp³-hybridized carbons (Fsp3) is 0.111. The third-order valence-electron chi connectivity index (χ3n) is 3.58. The Kier molecular flexibility index (Phi) is 6.25. The summed E-state index contributed by atoms with van der Waals surface area (Å²) in [5.74, 6) is 0.683. The lowest BCUT2D eigenvalue weighted by atomic mass is 10.2. The van der Waals surface area contributed by atoms with E-state index < -0.39 is 0 Å². The molecule has 0 bridgehead atoms. The van der Waals surface area contributed by atoms with Crippen LogP contribution < -0.4 is 5.43 Å². The molecule has 1 heterocycles. The number of hydrogen-bond donors (Lipinski definition) is 2. The summed E-state index contributed by atoms with van der Waals surface area (Å²) in [6, 6.07) is 14.5. The number of para-hydroxylation sites is 1. The normalized spacial score (nSPS) is 11.0. The first-order valence-electron chi connectivity index (χ1n) is 7.92. The van der Waals surface area contributed by atoms with Crippen LogP contribution in [0.3, 0.4) is 0 Å². The van der Waals surface area contributed by atoms with Crippen molar-refractivity contribution < 1.29 is 9.90 Å². The average Bonchev–Trinajstić information content (AvgIpc) is 3.02. The molecule has 0 aliphatic rings. The Balaban J connectivity index is 1.57. The molecular formula is C18H16BrN5O2S. The summed E-state index contributed by atoms with van der Waals surface area (Å²) in [6.07, 6.45) is 1.39. The predicted molar refractivity (Wildman–Crippen MR) is 109 cm³/mol. The summed E-state index contributed by atoms with van der Waals surface area (Å²) in [6.45, 7) is 0. The number of hydrogen-bond acceptors (Lipinski definition) is 6. The fourth-order valence-electron chi connectivity index (χ4n) is 2.25. The second-order valence-electron chi connectivity index (χ2n) is 5.52. The zero-order valence-corrected chi connectivity index (χ0v) is 16.7. The molecule has 2 aromatic carbocycles. The summed E-state index contributed by atoms with van der Waals surface area (Å²) in [7, 11) is 1.85. The number of hydrazone groups is 1. The van der Waals surface area contributed by atoms with Crippen LogP contribution in [0.15, 0.2) is 63.3 Å². The maximum absolute atomic E-state index is 12.0. The fourth-order valence-corrected chi connectivity index (χ4v) is 3.36. The number of phenolic OH excluding ortho intramolecular Hbond substituents is 1. The Bertz CT molecular complexity index is 989. The summed E-state index contributed by atoms with van der Waals surface area (Å²) in [5, 5.41) is 22.5. The number of aromatic nitrogens is 3. The zero-order chi connectivity index (χ0) is 19.2. The van der Waals surface area contributed by atoms with E-state index in [4.69, 9.17) is 0 Å². The lowest BCUT2D eigenvalue weighted by Crippen LogP contribution is -2.19.